The summed E-state index contributed by atoms with van der Waals surface area (Å²) < 4.78 is 6.61. The molecule has 0 aromatic carbocycles. The van der Waals surface area contributed by atoms with E-state index in [2.05, 4.69) is 15.0 Å². The smallest absolute Gasteiger partial charge is 0.175 e. The number of aromatic nitrogens is 4. The number of nitrogens with two attached hydrogens (primary N) is 1. The second-order valence-corrected chi connectivity index (χ2v) is 7.22. The van der Waals surface area contributed by atoms with Crippen LogP contribution in [0.1, 0.15) is 27.0 Å². The van der Waals surface area contributed by atoms with Gasteiger partial charge in [0, 0.05) is 5.41 Å². The summed E-state index contributed by atoms with van der Waals surface area (Å²) in [5.41, 5.74) is 3.25. The Hall–Kier alpha value is -2.14. The van der Waals surface area contributed by atoms with Crippen LogP contribution in [0.3, 0.4) is 0 Å². The zero-order valence-corrected chi connectivity index (χ0v) is 14.1. The summed E-state index contributed by atoms with van der Waals surface area (Å²) >= 11 is 0. The lowest BCUT2D eigenvalue weighted by molar-refractivity contribution is -0.155. The fraction of sp³-hybridized carbons (Fsp3) is 0.600. The van der Waals surface area contributed by atoms with Gasteiger partial charge in [0.1, 0.15) is 24.1 Å². The normalized spacial score (nSPS) is 28.4. The SMILES string of the molecule is CC(C)(C)C(=O)[C@@]1(O)CO[C@H](C(O)n2cnc3c(N)ncnc32)[C@H]1O. The van der Waals surface area contributed by atoms with Crippen LogP contribution in [0.5, 0.6) is 0 Å². The van der Waals surface area contributed by atoms with Crippen LogP contribution in [0.15, 0.2) is 12.7 Å². The molecule has 10 heteroatoms. The highest BCUT2D eigenvalue weighted by Gasteiger charge is 2.57. The molecule has 0 spiro atoms. The van der Waals surface area contributed by atoms with Gasteiger partial charge >= 0.3 is 0 Å². The number of Topliss-reactive ketones (excluding diaryl/α,β-unsaturated/α-hetero) is 1. The van der Waals surface area contributed by atoms with E-state index in [4.69, 9.17) is 10.5 Å². The van der Waals surface area contributed by atoms with Crippen LogP contribution < -0.4 is 5.73 Å². The Labute approximate surface area is 143 Å². The molecule has 2 aromatic rings. The van der Waals surface area contributed by atoms with Crippen molar-refractivity contribution in [2.45, 2.75) is 44.8 Å². The molecule has 3 heterocycles. The minimum atomic E-state index is -2.10. The van der Waals surface area contributed by atoms with Gasteiger partial charge in [0.15, 0.2) is 29.1 Å². The number of ketones is 1. The molecule has 10 nitrogen and oxygen atoms in total. The Morgan fingerprint density at radius 1 is 1.44 bits per heavy atom. The minimum Gasteiger partial charge on any atom is -0.387 e. The highest BCUT2D eigenvalue weighted by Crippen LogP contribution is 2.36. The van der Waals surface area contributed by atoms with E-state index in [9.17, 15) is 20.1 Å². The van der Waals surface area contributed by atoms with E-state index < -0.39 is 41.8 Å². The topological polar surface area (TPSA) is 157 Å². The maximum absolute atomic E-state index is 12.5. The lowest BCUT2D eigenvalue weighted by Gasteiger charge is -2.32. The monoisotopic (exact) mass is 351 g/mol. The molecule has 0 bridgehead atoms. The van der Waals surface area contributed by atoms with E-state index in [1.54, 1.807) is 20.8 Å². The van der Waals surface area contributed by atoms with Gasteiger partial charge in [0.25, 0.3) is 0 Å². The lowest BCUT2D eigenvalue weighted by Crippen LogP contribution is -2.55. The molecule has 1 saturated heterocycles. The molecule has 25 heavy (non-hydrogen) atoms. The number of ether oxygens (including phenoxy) is 1. The molecular formula is C15H21N5O5. The average molecular weight is 351 g/mol. The van der Waals surface area contributed by atoms with Crippen molar-refractivity contribution < 1.29 is 24.9 Å². The van der Waals surface area contributed by atoms with Crippen LogP contribution in [-0.4, -0.2) is 65.0 Å². The van der Waals surface area contributed by atoms with Crippen LogP contribution in [-0.2, 0) is 9.53 Å². The molecule has 1 unspecified atom stereocenters. The van der Waals surface area contributed by atoms with Gasteiger partial charge in [-0.05, 0) is 0 Å². The van der Waals surface area contributed by atoms with Crippen molar-refractivity contribution in [3.05, 3.63) is 12.7 Å². The number of carbonyl (C=O) groups is 1. The van der Waals surface area contributed by atoms with E-state index in [-0.39, 0.29) is 17.0 Å². The zero-order chi connectivity index (χ0) is 18.6. The second kappa shape index (κ2) is 5.70. The first-order valence-electron chi connectivity index (χ1n) is 7.75. The third-order valence-corrected chi connectivity index (χ3v) is 4.34. The number of nitrogen functional groups attached to an aromatic ring is 1. The third kappa shape index (κ3) is 2.67. The first-order valence-corrected chi connectivity index (χ1v) is 7.75. The number of hydrogen-bond acceptors (Lipinski definition) is 9. The molecule has 3 rings (SSSR count). The first kappa shape index (κ1) is 17.7. The van der Waals surface area contributed by atoms with Crippen molar-refractivity contribution in [1.82, 2.24) is 19.5 Å². The summed E-state index contributed by atoms with van der Waals surface area (Å²) in [7, 11) is 0. The van der Waals surface area contributed by atoms with Crippen LogP contribution in [0.4, 0.5) is 5.82 Å². The Morgan fingerprint density at radius 2 is 2.12 bits per heavy atom. The summed E-state index contributed by atoms with van der Waals surface area (Å²) in [6.45, 7) is 4.47. The largest absolute Gasteiger partial charge is 0.387 e. The Morgan fingerprint density at radius 3 is 2.76 bits per heavy atom. The predicted octanol–water partition coefficient (Wildman–Crippen LogP) is -0.995. The van der Waals surface area contributed by atoms with E-state index >= 15 is 0 Å². The molecule has 0 saturated carbocycles. The Balaban J connectivity index is 1.92. The average Bonchev–Trinajstić information content (AvgIpc) is 3.09. The number of anilines is 1. The van der Waals surface area contributed by atoms with Gasteiger partial charge in [-0.25, -0.2) is 15.0 Å². The summed E-state index contributed by atoms with van der Waals surface area (Å²) in [6.07, 6.45) is -1.81. The lowest BCUT2D eigenvalue weighted by atomic mass is 9.77. The van der Waals surface area contributed by atoms with E-state index in [1.807, 2.05) is 0 Å². The summed E-state index contributed by atoms with van der Waals surface area (Å²) in [5.74, 6) is -0.424. The molecule has 1 aliphatic heterocycles. The maximum Gasteiger partial charge on any atom is 0.175 e. The molecule has 2 aromatic heterocycles. The fourth-order valence-corrected chi connectivity index (χ4v) is 2.99. The van der Waals surface area contributed by atoms with Gasteiger partial charge < -0.3 is 25.8 Å². The van der Waals surface area contributed by atoms with Gasteiger partial charge in [-0.3, -0.25) is 9.36 Å². The van der Waals surface area contributed by atoms with Crippen molar-refractivity contribution in [2.24, 2.45) is 5.41 Å². The minimum absolute atomic E-state index is 0.142. The highest BCUT2D eigenvalue weighted by atomic mass is 16.6. The van der Waals surface area contributed by atoms with Crippen molar-refractivity contribution in [3.8, 4) is 0 Å². The predicted molar refractivity (Wildman–Crippen MR) is 86.1 cm³/mol. The van der Waals surface area contributed by atoms with Gasteiger partial charge in [0.05, 0.1) is 12.9 Å². The number of nitrogens with zero attached hydrogens (tertiary/aromatic N) is 4. The molecule has 136 valence electrons. The van der Waals surface area contributed by atoms with Crippen LogP contribution in [0.2, 0.25) is 0 Å². The molecule has 4 atom stereocenters. The molecule has 5 N–H and O–H groups in total. The van der Waals surface area contributed by atoms with Crippen LogP contribution in [0.25, 0.3) is 11.2 Å². The molecule has 0 amide bonds. The second-order valence-electron chi connectivity index (χ2n) is 7.22. The van der Waals surface area contributed by atoms with Gasteiger partial charge in [-0.2, -0.15) is 0 Å². The van der Waals surface area contributed by atoms with Gasteiger partial charge in [-0.15, -0.1) is 0 Å². The van der Waals surface area contributed by atoms with E-state index in [0.717, 1.165) is 0 Å². The van der Waals surface area contributed by atoms with Crippen molar-refractivity contribution in [1.29, 1.82) is 0 Å². The van der Waals surface area contributed by atoms with Gasteiger partial charge in [-0.1, -0.05) is 20.8 Å². The number of rotatable bonds is 3. The van der Waals surface area contributed by atoms with Crippen LogP contribution >= 0.6 is 0 Å². The maximum atomic E-state index is 12.5. The van der Waals surface area contributed by atoms with E-state index in [1.165, 1.54) is 17.2 Å². The fourth-order valence-electron chi connectivity index (χ4n) is 2.99. The zero-order valence-electron chi connectivity index (χ0n) is 14.1. The third-order valence-electron chi connectivity index (χ3n) is 4.34. The summed E-state index contributed by atoms with van der Waals surface area (Å²) in [5, 5.41) is 31.7. The summed E-state index contributed by atoms with van der Waals surface area (Å²) in [6, 6.07) is 0. The summed E-state index contributed by atoms with van der Waals surface area (Å²) in [4.78, 5) is 24.3. The molecule has 0 aliphatic carbocycles. The standard InChI is InChI=1S/C15H21N5O5/c1-14(2,3)13(23)15(24)4-25-8(9(15)21)12(22)20-6-19-7-10(16)17-5-18-11(7)20/h5-6,8-9,12,21-22,24H,4H2,1-3H3,(H2,16,17,18)/t8-,9+,12?,15+/m0/s1. The number of fused-ring (bicyclic) bond motifs is 1. The quantitative estimate of drug-likeness (QED) is 0.545. The molecule has 0 radical (unpaired) electrons. The number of aliphatic hydroxyl groups excluding tert-OH is 2. The Kier molecular flexibility index (Phi) is 4.03. The number of imidazole rings is 1. The number of carbonyl (C=O) groups excluding carboxylic acids is 1. The van der Waals surface area contributed by atoms with Gasteiger partial charge in [0.2, 0.25) is 0 Å². The molecule has 1 aliphatic rings. The first-order chi connectivity index (χ1) is 11.6. The highest BCUT2D eigenvalue weighted by molar-refractivity contribution is 5.92. The number of hydrogen-bond donors (Lipinski definition) is 4. The van der Waals surface area contributed by atoms with Crippen molar-refractivity contribution in [3.63, 3.8) is 0 Å². The number of aliphatic hydroxyl groups is 3. The van der Waals surface area contributed by atoms with Crippen molar-refractivity contribution >= 4 is 22.8 Å². The Bertz CT molecular complexity index is 816. The van der Waals surface area contributed by atoms with Crippen LogP contribution in [0, 0.1) is 5.41 Å². The molecule has 1 fully saturated rings. The molecular weight excluding hydrogens is 330 g/mol. The van der Waals surface area contributed by atoms with E-state index in [0.29, 0.717) is 0 Å². The van der Waals surface area contributed by atoms with Crippen molar-refractivity contribution in [2.75, 3.05) is 12.3 Å².